The van der Waals surface area contributed by atoms with E-state index in [1.165, 1.54) is 18.3 Å². The zero-order valence-electron chi connectivity index (χ0n) is 20.9. The third kappa shape index (κ3) is 3.77. The number of fused-ring (bicyclic) bond motifs is 3. The molecule has 1 amide bonds. The van der Waals surface area contributed by atoms with Crippen molar-refractivity contribution in [3.63, 3.8) is 0 Å². The van der Waals surface area contributed by atoms with Crippen molar-refractivity contribution < 1.29 is 13.6 Å². The number of nitrogens with zero attached hydrogens (tertiary/aromatic N) is 2. The molecule has 2 aromatic heterocycles. The average molecular weight is 567 g/mol. The van der Waals surface area contributed by atoms with E-state index in [-0.39, 0.29) is 16.6 Å². The molecule has 2 N–H and O–H groups in total. The van der Waals surface area contributed by atoms with Crippen molar-refractivity contribution in [2.45, 2.75) is 5.92 Å². The highest BCUT2D eigenvalue weighted by Gasteiger charge is 2.48. The topological polar surface area (TPSA) is 96.8 Å². The van der Waals surface area contributed by atoms with Crippen LogP contribution in [0.25, 0.3) is 49.6 Å². The number of amides is 1. The van der Waals surface area contributed by atoms with Crippen molar-refractivity contribution in [3.8, 4) is 27.9 Å². The van der Waals surface area contributed by atoms with E-state index in [2.05, 4.69) is 15.3 Å². The maximum absolute atomic E-state index is 14.5. The number of H-pyrrole nitrogens is 1. The number of carbonyl (C=O) groups is 1. The lowest BCUT2D eigenvalue weighted by molar-refractivity contribution is -0.139. The summed E-state index contributed by atoms with van der Waals surface area (Å²) in [4.78, 5) is 45.6. The number of hydrogen-bond acceptors (Lipinski definition) is 4. The molecule has 0 aliphatic carbocycles. The standard InChI is InChI=1S/C31H17ClF2N4O3/c32-23-7-3-6-20(16-9-11-24-22(12-16)31(33,34)29(40)36-24)27(23)17-8-10-21-25(13-17)37-30(41)38(28(21)39)26-15-35-14-18-4-1-2-5-19(18)26/h1-15H,(H,36,40)(H,37,41). The van der Waals surface area contributed by atoms with Gasteiger partial charge in [0.25, 0.3) is 11.5 Å². The lowest BCUT2D eigenvalue weighted by Crippen LogP contribution is -2.33. The quantitative estimate of drug-likeness (QED) is 0.264. The first-order valence-corrected chi connectivity index (χ1v) is 12.9. The van der Waals surface area contributed by atoms with Crippen LogP contribution in [0.1, 0.15) is 5.56 Å². The fourth-order valence-electron chi connectivity index (χ4n) is 5.33. The predicted molar refractivity (Wildman–Crippen MR) is 154 cm³/mol. The van der Waals surface area contributed by atoms with E-state index in [4.69, 9.17) is 11.6 Å². The molecule has 0 saturated heterocycles. The van der Waals surface area contributed by atoms with Gasteiger partial charge in [-0.25, -0.2) is 9.36 Å². The second-order valence-electron chi connectivity index (χ2n) is 9.66. The van der Waals surface area contributed by atoms with Gasteiger partial charge in [0.1, 0.15) is 0 Å². The number of aromatic nitrogens is 3. The Morgan fingerprint density at radius 2 is 1.63 bits per heavy atom. The summed E-state index contributed by atoms with van der Waals surface area (Å²) in [5.74, 6) is -5.04. The molecule has 6 aromatic rings. The van der Waals surface area contributed by atoms with Gasteiger partial charge in [-0.15, -0.1) is 0 Å². The molecule has 200 valence electrons. The predicted octanol–water partition coefficient (Wildman–Crippen LogP) is 6.26. The first-order chi connectivity index (χ1) is 19.7. The molecule has 41 heavy (non-hydrogen) atoms. The van der Waals surface area contributed by atoms with Gasteiger partial charge in [-0.2, -0.15) is 8.78 Å². The van der Waals surface area contributed by atoms with Crippen LogP contribution >= 0.6 is 11.6 Å². The largest absolute Gasteiger partial charge is 0.352 e. The summed E-state index contributed by atoms with van der Waals surface area (Å²) in [5, 5.41) is 4.27. The zero-order chi connectivity index (χ0) is 28.5. The number of rotatable bonds is 3. The Kier molecular flexibility index (Phi) is 5.42. The molecule has 1 aliphatic heterocycles. The van der Waals surface area contributed by atoms with E-state index in [0.717, 1.165) is 9.95 Å². The number of nitrogens with one attached hydrogen (secondary N) is 2. The van der Waals surface area contributed by atoms with Gasteiger partial charge in [0, 0.05) is 27.6 Å². The monoisotopic (exact) mass is 566 g/mol. The summed E-state index contributed by atoms with van der Waals surface area (Å²) in [6, 6.07) is 21.6. The van der Waals surface area contributed by atoms with E-state index in [0.29, 0.717) is 38.4 Å². The Labute approximate surface area is 234 Å². The van der Waals surface area contributed by atoms with E-state index in [1.807, 2.05) is 24.3 Å². The van der Waals surface area contributed by atoms with E-state index >= 15 is 0 Å². The number of anilines is 1. The van der Waals surface area contributed by atoms with Gasteiger partial charge < -0.3 is 10.3 Å². The highest BCUT2D eigenvalue weighted by Crippen LogP contribution is 2.44. The molecule has 0 atom stereocenters. The molecule has 10 heteroatoms. The van der Waals surface area contributed by atoms with Crippen LogP contribution in [-0.2, 0) is 10.7 Å². The van der Waals surface area contributed by atoms with Crippen LogP contribution in [0.3, 0.4) is 0 Å². The molecule has 0 fully saturated rings. The van der Waals surface area contributed by atoms with Crippen molar-refractivity contribution in [2.24, 2.45) is 0 Å². The Balaban J connectivity index is 1.40. The van der Waals surface area contributed by atoms with Crippen molar-refractivity contribution in [3.05, 3.63) is 123 Å². The van der Waals surface area contributed by atoms with Crippen molar-refractivity contribution in [1.82, 2.24) is 14.5 Å². The molecule has 7 nitrogen and oxygen atoms in total. The first-order valence-electron chi connectivity index (χ1n) is 12.5. The van der Waals surface area contributed by atoms with Crippen molar-refractivity contribution in [1.29, 1.82) is 0 Å². The van der Waals surface area contributed by atoms with Crippen molar-refractivity contribution in [2.75, 3.05) is 5.32 Å². The molecule has 0 saturated carbocycles. The number of carbonyl (C=O) groups excluding carboxylic acids is 1. The molecule has 4 aromatic carbocycles. The third-order valence-corrected chi connectivity index (χ3v) is 7.61. The molecule has 0 bridgehead atoms. The number of benzene rings is 4. The molecular weight excluding hydrogens is 550 g/mol. The van der Waals surface area contributed by atoms with Crippen LogP contribution in [0.2, 0.25) is 5.02 Å². The molecule has 0 spiro atoms. The maximum Gasteiger partial charge on any atom is 0.352 e. The molecule has 0 unspecified atom stereocenters. The SMILES string of the molecule is O=C1Nc2ccc(-c3cccc(Cl)c3-c3ccc4c(=O)n(-c5cncc6ccccc56)c(=O)[nH]c4c3)cc2C1(F)F. The van der Waals surface area contributed by atoms with E-state index in [9.17, 15) is 23.2 Å². The molecule has 0 radical (unpaired) electrons. The normalized spacial score (nSPS) is 13.9. The Hall–Kier alpha value is -5.15. The second kappa shape index (κ2) is 8.94. The molecule has 1 aliphatic rings. The summed E-state index contributed by atoms with van der Waals surface area (Å²) in [6.45, 7) is 0. The van der Waals surface area contributed by atoms with Gasteiger partial charge in [-0.1, -0.05) is 60.1 Å². The fraction of sp³-hybridized carbons (Fsp3) is 0.0323. The fourth-order valence-corrected chi connectivity index (χ4v) is 5.62. The number of halogens is 3. The van der Waals surface area contributed by atoms with Gasteiger partial charge >= 0.3 is 11.6 Å². The minimum absolute atomic E-state index is 0.0493. The Morgan fingerprint density at radius 3 is 2.49 bits per heavy atom. The summed E-state index contributed by atoms with van der Waals surface area (Å²) in [7, 11) is 0. The smallest absolute Gasteiger partial charge is 0.320 e. The maximum atomic E-state index is 14.5. The minimum Gasteiger partial charge on any atom is -0.320 e. The van der Waals surface area contributed by atoms with Crippen LogP contribution in [0.5, 0.6) is 0 Å². The lowest BCUT2D eigenvalue weighted by Gasteiger charge is -2.15. The number of aromatic amines is 1. The van der Waals surface area contributed by atoms with Crippen LogP contribution in [0, 0.1) is 0 Å². The lowest BCUT2D eigenvalue weighted by atomic mass is 9.92. The summed E-state index contributed by atoms with van der Waals surface area (Å²) >= 11 is 6.63. The van der Waals surface area contributed by atoms with Crippen molar-refractivity contribution >= 4 is 44.9 Å². The third-order valence-electron chi connectivity index (χ3n) is 7.29. The number of pyridine rings is 1. The summed E-state index contributed by atoms with van der Waals surface area (Å²) in [5.41, 5.74) is 1.13. The first kappa shape index (κ1) is 24.9. The molecule has 7 rings (SSSR count). The van der Waals surface area contributed by atoms with Crippen LogP contribution in [0.4, 0.5) is 14.5 Å². The van der Waals surface area contributed by atoms with Crippen LogP contribution in [-0.4, -0.2) is 20.4 Å². The number of alkyl halides is 2. The van der Waals surface area contributed by atoms with Gasteiger partial charge in [0.2, 0.25) is 0 Å². The summed E-state index contributed by atoms with van der Waals surface area (Å²) < 4.78 is 30.1. The highest BCUT2D eigenvalue weighted by molar-refractivity contribution is 6.34. The Morgan fingerprint density at radius 1 is 0.829 bits per heavy atom. The molecule has 3 heterocycles. The van der Waals surface area contributed by atoms with E-state index in [1.54, 1.807) is 48.7 Å². The van der Waals surface area contributed by atoms with E-state index < -0.39 is 28.6 Å². The van der Waals surface area contributed by atoms with Gasteiger partial charge in [0.15, 0.2) is 0 Å². The number of hydrogen-bond donors (Lipinski definition) is 2. The zero-order valence-corrected chi connectivity index (χ0v) is 21.7. The Bertz CT molecular complexity index is 2200. The molecular formula is C31H17ClF2N4O3. The average Bonchev–Trinajstić information content (AvgIpc) is 3.19. The van der Waals surface area contributed by atoms with Crippen LogP contribution in [0.15, 0.2) is 101 Å². The second-order valence-corrected chi connectivity index (χ2v) is 10.1. The van der Waals surface area contributed by atoms with Gasteiger partial charge in [-0.05, 0) is 47.0 Å². The van der Waals surface area contributed by atoms with Gasteiger partial charge in [-0.3, -0.25) is 14.6 Å². The highest BCUT2D eigenvalue weighted by atomic mass is 35.5. The summed E-state index contributed by atoms with van der Waals surface area (Å²) in [6.07, 6.45) is 3.13. The van der Waals surface area contributed by atoms with Crippen LogP contribution < -0.4 is 16.6 Å². The minimum atomic E-state index is -3.66. The van der Waals surface area contributed by atoms with Gasteiger partial charge in [0.05, 0.1) is 34.0 Å².